The largest absolute Gasteiger partial charge is 0.493 e. The van der Waals surface area contributed by atoms with Gasteiger partial charge in [0.25, 0.3) is 17.1 Å². The van der Waals surface area contributed by atoms with Gasteiger partial charge < -0.3 is 14.8 Å². The number of carbonyl (C=O) groups is 3. The number of imide groups is 1. The number of benzene rings is 2. The quantitative estimate of drug-likeness (QED) is 0.594. The van der Waals surface area contributed by atoms with Crippen LogP contribution in [0, 0.1) is 0 Å². The van der Waals surface area contributed by atoms with Gasteiger partial charge in [0.15, 0.2) is 11.5 Å². The summed E-state index contributed by atoms with van der Waals surface area (Å²) >= 11 is 7.09. The lowest BCUT2D eigenvalue weighted by molar-refractivity contribution is -0.122. The zero-order chi connectivity index (χ0) is 22.4. The second kappa shape index (κ2) is 10.4. The number of hydrogen-bond donors (Lipinski definition) is 1. The van der Waals surface area contributed by atoms with E-state index in [1.54, 1.807) is 6.08 Å². The van der Waals surface area contributed by atoms with Gasteiger partial charge in [-0.05, 0) is 42.5 Å². The molecule has 3 amide bonds. The molecule has 0 atom stereocenters. The molecule has 0 unspecified atom stereocenters. The van der Waals surface area contributed by atoms with Crippen molar-refractivity contribution in [2.45, 2.75) is 6.92 Å². The van der Waals surface area contributed by atoms with Gasteiger partial charge in [-0.3, -0.25) is 19.3 Å². The lowest BCUT2D eigenvalue weighted by Crippen LogP contribution is -2.37. The second-order valence-electron chi connectivity index (χ2n) is 6.42. The summed E-state index contributed by atoms with van der Waals surface area (Å²) in [6, 6.07) is 12.3. The highest BCUT2D eigenvalue weighted by Crippen LogP contribution is 2.36. The molecule has 2 aromatic rings. The van der Waals surface area contributed by atoms with Gasteiger partial charge in [-0.15, -0.1) is 0 Å². The number of rotatable bonds is 8. The molecule has 0 radical (unpaired) electrons. The third-order valence-electron chi connectivity index (χ3n) is 4.37. The first-order valence-corrected chi connectivity index (χ1v) is 10.7. The summed E-state index contributed by atoms with van der Waals surface area (Å²) in [5.41, 5.74) is 1.12. The molecule has 1 aliphatic heterocycles. The van der Waals surface area contributed by atoms with Crippen molar-refractivity contribution in [1.29, 1.82) is 0 Å². The summed E-state index contributed by atoms with van der Waals surface area (Å²) in [6.45, 7) is 2.38. The van der Waals surface area contributed by atoms with E-state index in [0.717, 1.165) is 22.2 Å². The zero-order valence-corrected chi connectivity index (χ0v) is 18.6. The minimum Gasteiger partial charge on any atom is -0.493 e. The van der Waals surface area contributed by atoms with Gasteiger partial charge in [-0.25, -0.2) is 0 Å². The van der Waals surface area contributed by atoms with Crippen LogP contribution in [0.1, 0.15) is 22.8 Å². The van der Waals surface area contributed by atoms with Crippen LogP contribution < -0.4 is 14.8 Å². The molecule has 0 saturated carbocycles. The highest BCUT2D eigenvalue weighted by atomic mass is 35.5. The first kappa shape index (κ1) is 22.7. The minimum absolute atomic E-state index is 0.0600. The van der Waals surface area contributed by atoms with Crippen molar-refractivity contribution in [2.24, 2.45) is 0 Å². The first-order chi connectivity index (χ1) is 14.9. The molecule has 3 rings (SSSR count). The van der Waals surface area contributed by atoms with Gasteiger partial charge in [-0.1, -0.05) is 41.9 Å². The summed E-state index contributed by atoms with van der Waals surface area (Å²) in [4.78, 5) is 38.7. The molecule has 0 spiro atoms. The van der Waals surface area contributed by atoms with Gasteiger partial charge >= 0.3 is 0 Å². The molecule has 1 aliphatic rings. The molecule has 0 aliphatic carbocycles. The number of nitrogens with zero attached hydrogens (tertiary/aromatic N) is 1. The number of halogens is 1. The average Bonchev–Trinajstić information content (AvgIpc) is 3.03. The maximum absolute atomic E-state index is 12.5. The summed E-state index contributed by atoms with van der Waals surface area (Å²) in [6.07, 6.45) is 1.68. The SMILES string of the molecule is CCOc1c(Cl)cc(C(=O)NCCN2C(=O)S/C(=C/c3ccccc3)C2=O)cc1OC. The summed E-state index contributed by atoms with van der Waals surface area (Å²) in [7, 11) is 1.46. The maximum atomic E-state index is 12.5. The fraction of sp³-hybridized carbons (Fsp3) is 0.227. The minimum atomic E-state index is -0.407. The van der Waals surface area contributed by atoms with Crippen molar-refractivity contribution < 1.29 is 23.9 Å². The predicted molar refractivity (Wildman–Crippen MR) is 121 cm³/mol. The molecule has 1 saturated heterocycles. The molecule has 1 fully saturated rings. The number of nitrogens with one attached hydrogen (secondary N) is 1. The number of ether oxygens (including phenoxy) is 2. The lowest BCUT2D eigenvalue weighted by Gasteiger charge is -2.15. The Kier molecular flexibility index (Phi) is 7.59. The van der Waals surface area contributed by atoms with E-state index in [1.165, 1.54) is 19.2 Å². The van der Waals surface area contributed by atoms with Crippen molar-refractivity contribution in [2.75, 3.05) is 26.8 Å². The lowest BCUT2D eigenvalue weighted by atomic mass is 10.2. The van der Waals surface area contributed by atoms with E-state index in [0.29, 0.717) is 23.0 Å². The van der Waals surface area contributed by atoms with E-state index in [1.807, 2.05) is 37.3 Å². The Balaban J connectivity index is 1.62. The molecule has 2 aromatic carbocycles. The molecule has 162 valence electrons. The van der Waals surface area contributed by atoms with Crippen molar-refractivity contribution >= 4 is 46.5 Å². The van der Waals surface area contributed by atoms with E-state index in [2.05, 4.69) is 5.32 Å². The van der Waals surface area contributed by atoms with E-state index < -0.39 is 5.91 Å². The third-order valence-corrected chi connectivity index (χ3v) is 5.56. The fourth-order valence-corrected chi connectivity index (χ4v) is 4.04. The summed E-state index contributed by atoms with van der Waals surface area (Å²) < 4.78 is 10.7. The van der Waals surface area contributed by atoms with Crippen molar-refractivity contribution in [3.63, 3.8) is 0 Å². The normalized spacial score (nSPS) is 14.8. The predicted octanol–water partition coefficient (Wildman–Crippen LogP) is 4.21. The average molecular weight is 461 g/mol. The second-order valence-corrected chi connectivity index (χ2v) is 7.82. The first-order valence-electron chi connectivity index (χ1n) is 9.53. The van der Waals surface area contributed by atoms with Crippen LogP contribution in [0.4, 0.5) is 4.79 Å². The van der Waals surface area contributed by atoms with Gasteiger partial charge in [0.2, 0.25) is 0 Å². The molecule has 1 heterocycles. The van der Waals surface area contributed by atoms with E-state index in [4.69, 9.17) is 21.1 Å². The third kappa shape index (κ3) is 5.39. The number of methoxy groups -OCH3 is 1. The zero-order valence-electron chi connectivity index (χ0n) is 17.0. The molecule has 0 bridgehead atoms. The molecule has 0 aromatic heterocycles. The number of hydrogen-bond acceptors (Lipinski definition) is 6. The number of thioether (sulfide) groups is 1. The smallest absolute Gasteiger partial charge is 0.293 e. The Bertz CT molecular complexity index is 1030. The van der Waals surface area contributed by atoms with E-state index in [9.17, 15) is 14.4 Å². The number of carbonyl (C=O) groups excluding carboxylic acids is 3. The highest BCUT2D eigenvalue weighted by Gasteiger charge is 2.34. The topological polar surface area (TPSA) is 84.9 Å². The molecule has 9 heteroatoms. The Morgan fingerprint density at radius 3 is 2.65 bits per heavy atom. The van der Waals surface area contributed by atoms with Gasteiger partial charge in [0, 0.05) is 18.7 Å². The van der Waals surface area contributed by atoms with Crippen LogP contribution in [0.5, 0.6) is 11.5 Å². The molecule has 31 heavy (non-hydrogen) atoms. The van der Waals surface area contributed by atoms with Crippen LogP contribution in [0.15, 0.2) is 47.4 Å². The standard InChI is InChI=1S/C22H21ClN2O5S/c1-3-30-19-16(23)12-15(13-17(19)29-2)20(26)24-9-10-25-21(27)18(31-22(25)28)11-14-7-5-4-6-8-14/h4-8,11-13H,3,9-10H2,1-2H3,(H,24,26)/b18-11+. The van der Waals surface area contributed by atoms with Crippen molar-refractivity contribution in [1.82, 2.24) is 10.2 Å². The molecule has 7 nitrogen and oxygen atoms in total. The highest BCUT2D eigenvalue weighted by molar-refractivity contribution is 8.18. The Morgan fingerprint density at radius 2 is 1.97 bits per heavy atom. The van der Waals surface area contributed by atoms with Crippen LogP contribution in [0.3, 0.4) is 0 Å². The van der Waals surface area contributed by atoms with Crippen LogP contribution in [-0.4, -0.2) is 48.8 Å². The van der Waals surface area contributed by atoms with Crippen LogP contribution in [-0.2, 0) is 4.79 Å². The molecule has 1 N–H and O–H groups in total. The van der Waals surface area contributed by atoms with Gasteiger partial charge in [0.05, 0.1) is 23.6 Å². The fourth-order valence-electron chi connectivity index (χ4n) is 2.91. The van der Waals surface area contributed by atoms with Gasteiger partial charge in [-0.2, -0.15) is 0 Å². The van der Waals surface area contributed by atoms with Crippen LogP contribution in [0.25, 0.3) is 6.08 Å². The Hall–Kier alpha value is -2.97. The van der Waals surface area contributed by atoms with E-state index in [-0.39, 0.29) is 34.8 Å². The summed E-state index contributed by atoms with van der Waals surface area (Å²) in [5.74, 6) is -0.0725. The monoisotopic (exact) mass is 460 g/mol. The Morgan fingerprint density at radius 1 is 1.23 bits per heavy atom. The van der Waals surface area contributed by atoms with Gasteiger partial charge in [0.1, 0.15) is 0 Å². The van der Waals surface area contributed by atoms with Crippen molar-refractivity contribution in [3.05, 3.63) is 63.5 Å². The van der Waals surface area contributed by atoms with Crippen LogP contribution >= 0.6 is 23.4 Å². The van der Waals surface area contributed by atoms with Crippen molar-refractivity contribution in [3.8, 4) is 11.5 Å². The maximum Gasteiger partial charge on any atom is 0.293 e. The molecular weight excluding hydrogens is 440 g/mol. The van der Waals surface area contributed by atoms with Crippen LogP contribution in [0.2, 0.25) is 5.02 Å². The number of amides is 3. The Labute approximate surface area is 189 Å². The summed E-state index contributed by atoms with van der Waals surface area (Å²) in [5, 5.41) is 2.58. The van der Waals surface area contributed by atoms with E-state index >= 15 is 0 Å². The molecular formula is C22H21ClN2O5S.